The molecule has 13 heteroatoms. The number of hydrogen-bond donors (Lipinski definition) is 4. The van der Waals surface area contributed by atoms with Crippen LogP contribution in [0, 0.1) is 0 Å². The van der Waals surface area contributed by atoms with Gasteiger partial charge in [-0.25, -0.2) is 0 Å². The second kappa shape index (κ2) is 32.8. The third kappa shape index (κ3) is 78.0. The van der Waals surface area contributed by atoms with Gasteiger partial charge in [-0.1, -0.05) is 17.3 Å². The van der Waals surface area contributed by atoms with E-state index in [0.29, 0.717) is 17.3 Å². The van der Waals surface area contributed by atoms with E-state index in [4.69, 9.17) is 0 Å². The molecular weight excluding hydrogens is 553 g/mol. The van der Waals surface area contributed by atoms with Crippen LogP contribution in [0.2, 0.25) is 0 Å². The van der Waals surface area contributed by atoms with E-state index < -0.39 is 0 Å². The van der Waals surface area contributed by atoms with Gasteiger partial charge in [0.25, 0.3) is 0 Å². The van der Waals surface area contributed by atoms with Crippen LogP contribution in [0.15, 0.2) is 0 Å². The maximum absolute atomic E-state index is 4.50. The molecule has 0 rings (SSSR count). The van der Waals surface area contributed by atoms with Crippen molar-refractivity contribution in [1.29, 1.82) is 0 Å². The van der Waals surface area contributed by atoms with Crippen LogP contribution < -0.4 is 21.3 Å². The Labute approximate surface area is 210 Å². The van der Waals surface area contributed by atoms with E-state index in [2.05, 4.69) is 121 Å². The van der Waals surface area contributed by atoms with Gasteiger partial charge in [-0.15, -0.1) is 0 Å². The van der Waals surface area contributed by atoms with E-state index >= 15 is 0 Å². The van der Waals surface area contributed by atoms with E-state index in [0.717, 1.165) is 26.2 Å². The number of nitrogens with one attached hydrogen (secondary N) is 4. The van der Waals surface area contributed by atoms with Crippen LogP contribution in [0.1, 0.15) is 27.7 Å². The molecule has 0 radical (unpaired) electrons. The summed E-state index contributed by atoms with van der Waals surface area (Å²) in [7, 11) is 0. The summed E-state index contributed by atoms with van der Waals surface area (Å²) in [5, 5.41) is 11.0. The van der Waals surface area contributed by atoms with Gasteiger partial charge in [0.05, 0.1) is 0 Å². The Bertz CT molecular complexity index is 281. The van der Waals surface area contributed by atoms with Crippen molar-refractivity contribution >= 4 is 117 Å². The minimum absolute atomic E-state index is 0. The molecule has 146 valence electrons. The molecule has 0 heterocycles. The first-order valence-electron chi connectivity index (χ1n) is 6.88. The predicted molar refractivity (Wildman–Crippen MR) is 135 cm³/mol. The summed E-state index contributed by atoms with van der Waals surface area (Å²) < 4.78 is 1.82. The van der Waals surface area contributed by atoms with Crippen LogP contribution in [-0.2, 0) is 71.6 Å². The van der Waals surface area contributed by atoms with Gasteiger partial charge in [0, 0.05) is 26.2 Å². The zero-order valence-electron chi connectivity index (χ0n) is 14.5. The molecule has 0 aliphatic rings. The molecule has 0 bridgehead atoms. The average Bonchev–Trinajstić information content (AvgIpc) is 2.39. The minimum Gasteiger partial charge on any atom is -0.412 e. The zero-order chi connectivity index (χ0) is 20.0. The summed E-state index contributed by atoms with van der Waals surface area (Å²) in [4.78, 5) is 0. The normalized spacial score (nSPS) is 7.20. The Kier molecular flexibility index (Phi) is 48.4. The first kappa shape index (κ1) is 37.0. The average molecular weight is 577 g/mol. The summed E-state index contributed by atoms with van der Waals surface area (Å²) in [6.07, 6.45) is 0. The van der Waals surface area contributed by atoms with Crippen molar-refractivity contribution in [2.24, 2.45) is 0 Å². The Hall–Kier alpha value is 1.13. The quantitative estimate of drug-likeness (QED) is 0.224. The molecule has 0 fully saturated rings. The van der Waals surface area contributed by atoms with Crippen molar-refractivity contribution in [2.75, 3.05) is 26.2 Å². The molecule has 0 amide bonds. The SMILES string of the molecule is CCNC(=S)[S-].CCNC(=S)[S-].CCNC(=S)[S-].CCNC(=S)[S-].[Mo+4]. The molecule has 0 atom stereocenters. The van der Waals surface area contributed by atoms with Crippen LogP contribution in [0.25, 0.3) is 0 Å². The monoisotopic (exact) mass is 578 g/mol. The topological polar surface area (TPSA) is 48.1 Å². The second-order valence-electron chi connectivity index (χ2n) is 3.27. The Morgan fingerprint density at radius 2 is 0.640 bits per heavy atom. The van der Waals surface area contributed by atoms with E-state index in [1.54, 1.807) is 0 Å². The van der Waals surface area contributed by atoms with Gasteiger partial charge in [-0.2, -0.15) is 0 Å². The van der Waals surface area contributed by atoms with Crippen LogP contribution >= 0.6 is 48.9 Å². The van der Waals surface area contributed by atoms with E-state index in [1.165, 1.54) is 0 Å². The molecule has 0 aromatic heterocycles. The smallest absolute Gasteiger partial charge is 0.412 e. The van der Waals surface area contributed by atoms with Crippen LogP contribution in [0.3, 0.4) is 0 Å². The van der Waals surface area contributed by atoms with Crippen molar-refractivity contribution in [3.63, 3.8) is 0 Å². The van der Waals surface area contributed by atoms with Crippen molar-refractivity contribution in [2.45, 2.75) is 27.7 Å². The third-order valence-electron chi connectivity index (χ3n) is 1.28. The maximum Gasteiger partial charge on any atom is 4.00 e. The van der Waals surface area contributed by atoms with Crippen molar-refractivity contribution < 1.29 is 21.1 Å². The first-order chi connectivity index (χ1) is 11.1. The van der Waals surface area contributed by atoms with Crippen molar-refractivity contribution in [3.05, 3.63) is 0 Å². The van der Waals surface area contributed by atoms with Gasteiger partial charge in [0.15, 0.2) is 0 Å². The molecule has 4 nitrogen and oxygen atoms in total. The van der Waals surface area contributed by atoms with Gasteiger partial charge >= 0.3 is 21.1 Å². The number of hydrogen-bond acceptors (Lipinski definition) is 8. The van der Waals surface area contributed by atoms with Gasteiger partial charge in [0.2, 0.25) is 0 Å². The molecule has 0 unspecified atom stereocenters. The standard InChI is InChI=1S/4C3H7NS2.Mo/c4*1-2-4-3(5)6;/h4*2H2,1H3,(H2,4,5,6);/q;;;;+4/p-4. The molecule has 0 aliphatic carbocycles. The molecule has 0 spiro atoms. The maximum atomic E-state index is 4.50. The van der Waals surface area contributed by atoms with Gasteiger partial charge in [0.1, 0.15) is 0 Å². The number of thiocarbonyl (C=S) groups is 4. The van der Waals surface area contributed by atoms with Crippen LogP contribution in [-0.4, -0.2) is 43.5 Å². The largest absolute Gasteiger partial charge is 4.00 e. The molecular formula is C12H24MoN4S8. The molecule has 4 N–H and O–H groups in total. The van der Waals surface area contributed by atoms with E-state index in [1.807, 2.05) is 27.7 Å². The fourth-order valence-electron chi connectivity index (χ4n) is 0.577. The summed E-state index contributed by atoms with van der Waals surface area (Å²) in [5.41, 5.74) is 0. The van der Waals surface area contributed by atoms with Gasteiger partial charge in [-0.05, 0) is 27.7 Å². The molecule has 25 heavy (non-hydrogen) atoms. The molecule has 0 saturated carbocycles. The van der Waals surface area contributed by atoms with E-state index in [-0.39, 0.29) is 21.1 Å². The first-order valence-corrected chi connectivity index (χ1v) is 10.1. The van der Waals surface area contributed by atoms with Gasteiger partial charge in [-0.3, -0.25) is 0 Å². The zero-order valence-corrected chi connectivity index (χ0v) is 23.0. The fraction of sp³-hybridized carbons (Fsp3) is 0.667. The summed E-state index contributed by atoms with van der Waals surface area (Å²) in [6, 6.07) is 0. The third-order valence-corrected chi connectivity index (χ3v) is 2.44. The van der Waals surface area contributed by atoms with E-state index in [9.17, 15) is 0 Å². The molecule has 0 aliphatic heterocycles. The molecule has 0 saturated heterocycles. The van der Waals surface area contributed by atoms with Crippen molar-refractivity contribution in [3.8, 4) is 0 Å². The van der Waals surface area contributed by atoms with Gasteiger partial charge < -0.3 is 121 Å². The summed E-state index contributed by atoms with van der Waals surface area (Å²) in [6.45, 7) is 11.2. The summed E-state index contributed by atoms with van der Waals surface area (Å²) in [5.74, 6) is 0. The Balaban J connectivity index is -0.0000000702. The summed E-state index contributed by atoms with van der Waals surface area (Å²) >= 11 is 36.0. The second-order valence-corrected chi connectivity index (χ2v) is 7.57. The Morgan fingerprint density at radius 3 is 0.640 bits per heavy atom. The fourth-order valence-corrected chi connectivity index (χ4v) is 1.73. The predicted octanol–water partition coefficient (Wildman–Crippen LogP) is 1.71. The Morgan fingerprint density at radius 1 is 0.520 bits per heavy atom. The minimum atomic E-state index is 0. The van der Waals surface area contributed by atoms with Crippen LogP contribution in [0.5, 0.6) is 0 Å². The van der Waals surface area contributed by atoms with Crippen molar-refractivity contribution in [1.82, 2.24) is 21.3 Å². The molecule has 0 aromatic carbocycles. The molecule has 0 aromatic rings. The number of rotatable bonds is 4. The van der Waals surface area contributed by atoms with Crippen LogP contribution in [0.4, 0.5) is 0 Å².